The Morgan fingerprint density at radius 1 is 1.19 bits per heavy atom. The van der Waals surface area contributed by atoms with E-state index in [4.69, 9.17) is 14.6 Å². The molecule has 2 unspecified atom stereocenters. The molecule has 0 aliphatic carbocycles. The number of esters is 1. The minimum atomic E-state index is -1.27. The van der Waals surface area contributed by atoms with Gasteiger partial charge in [-0.2, -0.15) is 0 Å². The molecule has 7 nitrogen and oxygen atoms in total. The Hall–Kier alpha value is -1.79. The average molecular weight is 303 g/mol. The zero-order chi connectivity index (χ0) is 16.8. The van der Waals surface area contributed by atoms with Crippen LogP contribution in [-0.4, -0.2) is 40.9 Å². The van der Waals surface area contributed by atoms with E-state index < -0.39 is 35.8 Å². The number of ether oxygens (including phenoxy) is 2. The highest BCUT2D eigenvalue weighted by Gasteiger charge is 2.31. The maximum absolute atomic E-state index is 12.0. The number of carbonyl (C=O) groups is 3. The third-order valence-electron chi connectivity index (χ3n) is 2.78. The third-order valence-corrected chi connectivity index (χ3v) is 2.78. The molecule has 0 aliphatic heterocycles. The van der Waals surface area contributed by atoms with Gasteiger partial charge in [0.15, 0.2) is 6.10 Å². The first kappa shape index (κ1) is 19.2. The van der Waals surface area contributed by atoms with Crippen LogP contribution in [0.15, 0.2) is 0 Å². The predicted octanol–water partition coefficient (Wildman–Crippen LogP) is 1.94. The summed E-state index contributed by atoms with van der Waals surface area (Å²) in [4.78, 5) is 34.5. The number of nitrogens with one attached hydrogen (secondary N) is 1. The highest BCUT2D eigenvalue weighted by molar-refractivity contribution is 5.84. The molecule has 0 aliphatic rings. The lowest BCUT2D eigenvalue weighted by molar-refractivity contribution is -0.165. The van der Waals surface area contributed by atoms with E-state index >= 15 is 0 Å². The molecule has 0 radical (unpaired) electrons. The van der Waals surface area contributed by atoms with Gasteiger partial charge in [0.2, 0.25) is 0 Å². The van der Waals surface area contributed by atoms with Crippen molar-refractivity contribution in [2.45, 2.75) is 65.7 Å². The maximum atomic E-state index is 12.0. The Kier molecular flexibility index (Phi) is 7.18. The first-order valence-corrected chi connectivity index (χ1v) is 6.90. The summed E-state index contributed by atoms with van der Waals surface area (Å²) in [7, 11) is 0. The second-order valence-electron chi connectivity index (χ2n) is 5.93. The van der Waals surface area contributed by atoms with E-state index in [1.165, 1.54) is 6.92 Å². The second kappa shape index (κ2) is 7.85. The van der Waals surface area contributed by atoms with Gasteiger partial charge in [-0.15, -0.1) is 0 Å². The quantitative estimate of drug-likeness (QED) is 0.727. The number of alkyl carbamates (subject to hydrolysis) is 1. The van der Waals surface area contributed by atoms with Crippen molar-refractivity contribution in [3.05, 3.63) is 0 Å². The van der Waals surface area contributed by atoms with E-state index in [0.717, 1.165) is 0 Å². The SMILES string of the molecule is CCC(C)[C@H](NC(=O)OC(C)(C)C)C(=O)OC(C)C(=O)O. The number of carboxylic acid groups (broad SMARTS) is 1. The molecule has 0 aromatic carbocycles. The molecule has 2 N–H and O–H groups in total. The molecule has 0 fully saturated rings. The summed E-state index contributed by atoms with van der Waals surface area (Å²) >= 11 is 0. The largest absolute Gasteiger partial charge is 0.479 e. The van der Waals surface area contributed by atoms with E-state index in [1.54, 1.807) is 27.7 Å². The standard InChI is InChI=1S/C14H25NO6/c1-7-8(2)10(12(18)20-9(3)11(16)17)15-13(19)21-14(4,5)6/h8-10H,7H2,1-6H3,(H,15,19)(H,16,17)/t8?,9?,10-/m0/s1. The molecule has 0 saturated carbocycles. The lowest BCUT2D eigenvalue weighted by atomic mass is 9.99. The van der Waals surface area contributed by atoms with Gasteiger partial charge in [0, 0.05) is 0 Å². The van der Waals surface area contributed by atoms with Crippen LogP contribution >= 0.6 is 0 Å². The van der Waals surface area contributed by atoms with Crippen molar-refractivity contribution >= 4 is 18.0 Å². The summed E-state index contributed by atoms with van der Waals surface area (Å²) in [5, 5.41) is 11.2. The van der Waals surface area contributed by atoms with Crippen molar-refractivity contribution in [2.75, 3.05) is 0 Å². The van der Waals surface area contributed by atoms with Gasteiger partial charge >= 0.3 is 18.0 Å². The Morgan fingerprint density at radius 3 is 2.10 bits per heavy atom. The summed E-state index contributed by atoms with van der Waals surface area (Å²) in [5.41, 5.74) is -0.692. The number of carbonyl (C=O) groups excluding carboxylic acids is 2. The van der Waals surface area contributed by atoms with Crippen LogP contribution in [0.25, 0.3) is 0 Å². The summed E-state index contributed by atoms with van der Waals surface area (Å²) in [6.07, 6.45) is -1.41. The Morgan fingerprint density at radius 2 is 1.71 bits per heavy atom. The van der Waals surface area contributed by atoms with Gasteiger partial charge < -0.3 is 19.9 Å². The average Bonchev–Trinajstić information content (AvgIpc) is 2.32. The highest BCUT2D eigenvalue weighted by atomic mass is 16.6. The fraction of sp³-hybridized carbons (Fsp3) is 0.786. The van der Waals surface area contributed by atoms with Crippen molar-refractivity contribution in [1.82, 2.24) is 5.32 Å². The van der Waals surface area contributed by atoms with Crippen molar-refractivity contribution < 1.29 is 29.0 Å². The van der Waals surface area contributed by atoms with Gasteiger partial charge in [-0.05, 0) is 33.6 Å². The smallest absolute Gasteiger partial charge is 0.408 e. The summed E-state index contributed by atoms with van der Waals surface area (Å²) in [6, 6.07) is -0.952. The lowest BCUT2D eigenvalue weighted by Gasteiger charge is -2.26. The molecule has 1 amide bonds. The van der Waals surface area contributed by atoms with E-state index in [9.17, 15) is 14.4 Å². The van der Waals surface area contributed by atoms with Crippen LogP contribution in [0.5, 0.6) is 0 Å². The fourth-order valence-corrected chi connectivity index (χ4v) is 1.40. The highest BCUT2D eigenvalue weighted by Crippen LogP contribution is 2.13. The van der Waals surface area contributed by atoms with Crippen molar-refractivity contribution in [3.8, 4) is 0 Å². The van der Waals surface area contributed by atoms with Gasteiger partial charge in [0.1, 0.15) is 11.6 Å². The number of carboxylic acids is 1. The van der Waals surface area contributed by atoms with Gasteiger partial charge in [0.05, 0.1) is 0 Å². The van der Waals surface area contributed by atoms with Crippen LogP contribution in [0.3, 0.4) is 0 Å². The van der Waals surface area contributed by atoms with Gasteiger partial charge in [-0.3, -0.25) is 0 Å². The molecule has 122 valence electrons. The Labute approximate surface area is 125 Å². The molecule has 7 heteroatoms. The summed E-state index contributed by atoms with van der Waals surface area (Å²) in [6.45, 7) is 9.97. The lowest BCUT2D eigenvalue weighted by Crippen LogP contribution is -2.48. The molecule has 0 saturated heterocycles. The van der Waals surface area contributed by atoms with Crippen molar-refractivity contribution in [1.29, 1.82) is 0 Å². The topological polar surface area (TPSA) is 102 Å². The van der Waals surface area contributed by atoms with E-state index in [0.29, 0.717) is 6.42 Å². The van der Waals surface area contributed by atoms with Crippen LogP contribution < -0.4 is 5.32 Å². The van der Waals surface area contributed by atoms with E-state index in [-0.39, 0.29) is 5.92 Å². The maximum Gasteiger partial charge on any atom is 0.408 e. The molecule has 0 rings (SSSR count). The molecule has 0 bridgehead atoms. The predicted molar refractivity (Wildman–Crippen MR) is 75.8 cm³/mol. The molecule has 0 spiro atoms. The van der Waals surface area contributed by atoms with E-state index in [2.05, 4.69) is 5.32 Å². The molecule has 0 aromatic heterocycles. The monoisotopic (exact) mass is 303 g/mol. The van der Waals surface area contributed by atoms with Crippen LogP contribution in [-0.2, 0) is 19.1 Å². The first-order chi connectivity index (χ1) is 9.47. The van der Waals surface area contributed by atoms with Crippen molar-refractivity contribution in [2.24, 2.45) is 5.92 Å². The van der Waals surface area contributed by atoms with Gasteiger partial charge in [-0.25, -0.2) is 14.4 Å². The zero-order valence-electron chi connectivity index (χ0n) is 13.4. The fourth-order valence-electron chi connectivity index (χ4n) is 1.40. The zero-order valence-corrected chi connectivity index (χ0v) is 13.4. The minimum Gasteiger partial charge on any atom is -0.479 e. The number of hydrogen-bond acceptors (Lipinski definition) is 5. The number of aliphatic carboxylic acids is 1. The van der Waals surface area contributed by atoms with Crippen LogP contribution in [0.2, 0.25) is 0 Å². The Balaban J connectivity index is 4.84. The number of amides is 1. The third kappa shape index (κ3) is 7.53. The van der Waals surface area contributed by atoms with Crippen molar-refractivity contribution in [3.63, 3.8) is 0 Å². The molecular weight excluding hydrogens is 278 g/mol. The van der Waals surface area contributed by atoms with E-state index in [1.807, 2.05) is 6.92 Å². The van der Waals surface area contributed by atoms with Crippen LogP contribution in [0, 0.1) is 5.92 Å². The van der Waals surface area contributed by atoms with Gasteiger partial charge in [-0.1, -0.05) is 20.3 Å². The summed E-state index contributed by atoms with van der Waals surface area (Å²) < 4.78 is 9.91. The van der Waals surface area contributed by atoms with Gasteiger partial charge in [0.25, 0.3) is 0 Å². The molecule has 0 aromatic rings. The normalized spacial score (nSPS) is 15.5. The molecule has 0 heterocycles. The second-order valence-corrected chi connectivity index (χ2v) is 5.93. The number of hydrogen-bond donors (Lipinski definition) is 2. The number of rotatable bonds is 6. The first-order valence-electron chi connectivity index (χ1n) is 6.90. The van der Waals surface area contributed by atoms with Crippen LogP contribution in [0.1, 0.15) is 48.0 Å². The molecular formula is C14H25NO6. The Bertz CT molecular complexity index is 387. The molecule has 21 heavy (non-hydrogen) atoms. The summed E-state index contributed by atoms with van der Waals surface area (Å²) in [5.74, 6) is -2.25. The van der Waals surface area contributed by atoms with Crippen LogP contribution in [0.4, 0.5) is 4.79 Å². The molecule has 3 atom stereocenters. The minimum absolute atomic E-state index is 0.217.